The molecule has 3 atom stereocenters. The minimum atomic E-state index is -0.777. The lowest BCUT2D eigenvalue weighted by Crippen LogP contribution is -2.33. The second-order valence-corrected chi connectivity index (χ2v) is 10.0. The van der Waals surface area contributed by atoms with Crippen LogP contribution in [0.3, 0.4) is 0 Å². The molecule has 13 nitrogen and oxygen atoms in total. The third-order valence-electron chi connectivity index (χ3n) is 5.80. The van der Waals surface area contributed by atoms with Crippen molar-refractivity contribution in [1.29, 1.82) is 0 Å². The number of esters is 1. The molecule has 1 rings (SSSR count). The van der Waals surface area contributed by atoms with Crippen LogP contribution in [0.25, 0.3) is 0 Å². The van der Waals surface area contributed by atoms with Gasteiger partial charge in [-0.1, -0.05) is 6.92 Å². The van der Waals surface area contributed by atoms with Crippen molar-refractivity contribution < 1.29 is 48.0 Å². The molecule has 3 N–H and O–H groups in total. The van der Waals surface area contributed by atoms with E-state index < -0.39 is 23.6 Å². The van der Waals surface area contributed by atoms with Gasteiger partial charge in [-0.2, -0.15) is 0 Å². The molecule has 1 saturated heterocycles. The fraction of sp³-hybridized carbons (Fsp3) is 0.800. The summed E-state index contributed by atoms with van der Waals surface area (Å²) in [7, 11) is 2.97. The number of ether oxygens (including phenoxy) is 4. The summed E-state index contributed by atoms with van der Waals surface area (Å²) in [5.41, 5.74) is 0. The van der Waals surface area contributed by atoms with Gasteiger partial charge >= 0.3 is 5.97 Å². The first kappa shape index (κ1) is 34.8. The summed E-state index contributed by atoms with van der Waals surface area (Å²) >= 11 is 1.33. The van der Waals surface area contributed by atoms with E-state index in [1.165, 1.54) is 23.8 Å². The average molecular weight is 578 g/mol. The van der Waals surface area contributed by atoms with E-state index in [4.69, 9.17) is 18.9 Å². The zero-order chi connectivity index (χ0) is 29.0. The van der Waals surface area contributed by atoms with E-state index in [1.54, 1.807) is 7.05 Å². The summed E-state index contributed by atoms with van der Waals surface area (Å²) in [4.78, 5) is 61.1. The van der Waals surface area contributed by atoms with Gasteiger partial charge in [-0.15, -0.1) is 11.8 Å². The molecule has 224 valence electrons. The fourth-order valence-corrected chi connectivity index (χ4v) is 4.52. The van der Waals surface area contributed by atoms with Crippen LogP contribution in [-0.4, -0.2) is 117 Å². The molecular weight excluding hydrogens is 534 g/mol. The number of aliphatic hydroxyl groups is 1. The van der Waals surface area contributed by atoms with Gasteiger partial charge in [-0.3, -0.25) is 28.9 Å². The van der Waals surface area contributed by atoms with Gasteiger partial charge in [0.05, 0.1) is 24.6 Å². The average Bonchev–Trinajstić information content (AvgIpc) is 3.20. The Morgan fingerprint density at radius 2 is 1.90 bits per heavy atom. The van der Waals surface area contributed by atoms with E-state index in [9.17, 15) is 29.1 Å². The van der Waals surface area contributed by atoms with Crippen LogP contribution in [-0.2, 0) is 42.9 Å². The predicted octanol–water partition coefficient (Wildman–Crippen LogP) is -0.0204. The molecule has 39 heavy (non-hydrogen) atoms. The van der Waals surface area contributed by atoms with Gasteiger partial charge in [-0.25, -0.2) is 0 Å². The van der Waals surface area contributed by atoms with Crippen molar-refractivity contribution in [1.82, 2.24) is 15.5 Å². The molecule has 0 aliphatic carbocycles. The van der Waals surface area contributed by atoms with Crippen LogP contribution in [0.5, 0.6) is 0 Å². The Bertz CT molecular complexity index is 781. The second kappa shape index (κ2) is 20.6. The van der Waals surface area contributed by atoms with Gasteiger partial charge < -0.3 is 34.7 Å². The maximum absolute atomic E-state index is 12.5. The van der Waals surface area contributed by atoms with Gasteiger partial charge in [0.1, 0.15) is 6.61 Å². The van der Waals surface area contributed by atoms with E-state index in [-0.39, 0.29) is 75.7 Å². The highest BCUT2D eigenvalue weighted by molar-refractivity contribution is 8.00. The van der Waals surface area contributed by atoms with Crippen molar-refractivity contribution in [3.63, 3.8) is 0 Å². The number of aliphatic hydroxyl groups excluding tert-OH is 1. The van der Waals surface area contributed by atoms with Crippen LogP contribution in [0.4, 0.5) is 0 Å². The Balaban J connectivity index is 2.14. The minimum absolute atomic E-state index is 0.0590. The number of nitrogens with one attached hydrogen (secondary N) is 2. The first-order valence-electron chi connectivity index (χ1n) is 13.2. The number of rotatable bonds is 22. The van der Waals surface area contributed by atoms with Gasteiger partial charge in [0.2, 0.25) is 23.6 Å². The van der Waals surface area contributed by atoms with Crippen LogP contribution in [0.1, 0.15) is 51.9 Å². The summed E-state index contributed by atoms with van der Waals surface area (Å²) in [6, 6.07) is 0. The number of nitrogens with zero attached hydrogens (tertiary/aromatic N) is 1. The number of likely N-dealkylation sites (tertiary alicyclic amines) is 1. The Hall–Kier alpha value is -2.26. The Morgan fingerprint density at radius 1 is 1.13 bits per heavy atom. The molecule has 0 radical (unpaired) electrons. The largest absolute Gasteiger partial charge is 0.460 e. The lowest BCUT2D eigenvalue weighted by Gasteiger charge is -2.21. The standard InChI is InChI=1S/C25H43N3O10S/c1-4-18(16-29)38-24(35-3)17-37-23(33)8-5-7-21(31)27-10-14-39-19-15-22(32)28(25(19)34)11-6-12-36-13-9-20(30)26-2/h18-19,24,29H,4-17H2,1-3H3,(H,26,30)(H,27,31). The summed E-state index contributed by atoms with van der Waals surface area (Å²) in [6.45, 7) is 2.82. The zero-order valence-electron chi connectivity index (χ0n) is 23.1. The van der Waals surface area contributed by atoms with Crippen molar-refractivity contribution in [3.05, 3.63) is 0 Å². The number of amides is 4. The van der Waals surface area contributed by atoms with Crippen molar-refractivity contribution in [2.45, 2.75) is 69.5 Å². The molecule has 1 heterocycles. The van der Waals surface area contributed by atoms with E-state index in [0.29, 0.717) is 38.2 Å². The Kier molecular flexibility index (Phi) is 18.4. The van der Waals surface area contributed by atoms with Crippen LogP contribution >= 0.6 is 11.8 Å². The number of hydrogen-bond acceptors (Lipinski definition) is 11. The Labute approximate surface area is 234 Å². The maximum Gasteiger partial charge on any atom is 0.305 e. The highest BCUT2D eigenvalue weighted by atomic mass is 32.2. The molecule has 0 saturated carbocycles. The third-order valence-corrected chi connectivity index (χ3v) is 7.01. The SMILES string of the molecule is CCC(CO)OC(COC(=O)CCCC(=O)NCCSC1CC(=O)N(CCCOCCC(=O)NC)C1=O)OC. The number of imide groups is 1. The highest BCUT2D eigenvalue weighted by Gasteiger charge is 2.38. The smallest absolute Gasteiger partial charge is 0.305 e. The predicted molar refractivity (Wildman–Crippen MR) is 143 cm³/mol. The fourth-order valence-electron chi connectivity index (χ4n) is 3.49. The quantitative estimate of drug-likeness (QED) is 0.0684. The van der Waals surface area contributed by atoms with Crippen molar-refractivity contribution >= 4 is 41.4 Å². The van der Waals surface area contributed by atoms with E-state index in [0.717, 1.165) is 0 Å². The first-order chi connectivity index (χ1) is 18.7. The molecule has 0 aromatic rings. The summed E-state index contributed by atoms with van der Waals surface area (Å²) in [5, 5.41) is 14.0. The molecule has 14 heteroatoms. The molecule has 0 bridgehead atoms. The molecule has 4 amide bonds. The minimum Gasteiger partial charge on any atom is -0.460 e. The van der Waals surface area contributed by atoms with Gasteiger partial charge in [0.15, 0.2) is 6.29 Å². The summed E-state index contributed by atoms with van der Waals surface area (Å²) < 4.78 is 21.0. The molecular formula is C25H43N3O10S. The van der Waals surface area contributed by atoms with Crippen molar-refractivity contribution in [3.8, 4) is 0 Å². The van der Waals surface area contributed by atoms with Crippen LogP contribution in [0.15, 0.2) is 0 Å². The van der Waals surface area contributed by atoms with Gasteiger partial charge in [0, 0.05) is 65.3 Å². The lowest BCUT2D eigenvalue weighted by atomic mass is 10.2. The third kappa shape index (κ3) is 14.6. The van der Waals surface area contributed by atoms with Crippen LogP contribution in [0, 0.1) is 0 Å². The molecule has 1 aliphatic heterocycles. The second-order valence-electron chi connectivity index (χ2n) is 8.74. The molecule has 3 unspecified atom stereocenters. The number of carbonyl (C=O) groups excluding carboxylic acids is 5. The van der Waals surface area contributed by atoms with E-state index >= 15 is 0 Å². The van der Waals surface area contributed by atoms with E-state index in [2.05, 4.69) is 10.6 Å². The molecule has 0 aromatic heterocycles. The topological polar surface area (TPSA) is 170 Å². The molecule has 0 aromatic carbocycles. The molecule has 1 aliphatic rings. The first-order valence-corrected chi connectivity index (χ1v) is 14.3. The summed E-state index contributed by atoms with van der Waals surface area (Å²) in [6.07, 6.45) is 0.810. The number of methoxy groups -OCH3 is 1. The highest BCUT2D eigenvalue weighted by Crippen LogP contribution is 2.25. The number of thioether (sulfide) groups is 1. The van der Waals surface area contributed by atoms with Crippen molar-refractivity contribution in [2.24, 2.45) is 0 Å². The molecule has 1 fully saturated rings. The maximum atomic E-state index is 12.5. The van der Waals surface area contributed by atoms with Crippen LogP contribution < -0.4 is 10.6 Å². The summed E-state index contributed by atoms with van der Waals surface area (Å²) in [5.74, 6) is -0.796. The zero-order valence-corrected chi connectivity index (χ0v) is 23.9. The monoisotopic (exact) mass is 577 g/mol. The lowest BCUT2D eigenvalue weighted by molar-refractivity contribution is -0.194. The van der Waals surface area contributed by atoms with E-state index in [1.807, 2.05) is 6.92 Å². The normalized spacial score (nSPS) is 16.7. The number of carbonyl (C=O) groups is 5. The van der Waals surface area contributed by atoms with Crippen LogP contribution in [0.2, 0.25) is 0 Å². The number of hydrogen-bond donors (Lipinski definition) is 3. The van der Waals surface area contributed by atoms with Gasteiger partial charge in [-0.05, 0) is 19.3 Å². The van der Waals surface area contributed by atoms with Gasteiger partial charge in [0.25, 0.3) is 0 Å². The Morgan fingerprint density at radius 3 is 2.56 bits per heavy atom. The van der Waals surface area contributed by atoms with Crippen molar-refractivity contribution in [2.75, 3.05) is 59.4 Å². The molecule has 0 spiro atoms.